The number of carbonyl (C=O) groups is 1. The van der Waals surface area contributed by atoms with E-state index in [4.69, 9.17) is 11.6 Å². The summed E-state index contributed by atoms with van der Waals surface area (Å²) < 4.78 is 0. The molecule has 0 bridgehead atoms. The van der Waals surface area contributed by atoms with Crippen LogP contribution in [0, 0.1) is 5.92 Å². The molecule has 0 heterocycles. The molecule has 0 radical (unpaired) electrons. The lowest BCUT2D eigenvalue weighted by Crippen LogP contribution is -2.36. The number of halogens is 1. The average molecular weight is 190 g/mol. The Balaban J connectivity index is 2.29. The van der Waals surface area contributed by atoms with Crippen LogP contribution in [0.15, 0.2) is 0 Å². The van der Waals surface area contributed by atoms with Crippen molar-refractivity contribution in [2.75, 3.05) is 0 Å². The minimum atomic E-state index is -0.423. The Morgan fingerprint density at radius 1 is 1.42 bits per heavy atom. The summed E-state index contributed by atoms with van der Waals surface area (Å²) in [5, 5.41) is 2.32. The van der Waals surface area contributed by atoms with Crippen LogP contribution < -0.4 is 5.32 Å². The molecule has 0 aromatic carbocycles. The highest BCUT2D eigenvalue weighted by Crippen LogP contribution is 2.26. The van der Waals surface area contributed by atoms with Crippen LogP contribution in [-0.4, -0.2) is 11.4 Å². The van der Waals surface area contributed by atoms with Gasteiger partial charge in [-0.3, -0.25) is 4.79 Å². The first-order valence-electron chi connectivity index (χ1n) is 4.66. The van der Waals surface area contributed by atoms with Gasteiger partial charge in [0.2, 0.25) is 0 Å². The Kier molecular flexibility index (Phi) is 3.86. The van der Waals surface area contributed by atoms with Gasteiger partial charge in [-0.25, -0.2) is 0 Å². The van der Waals surface area contributed by atoms with E-state index in [-0.39, 0.29) is 6.04 Å². The molecule has 12 heavy (non-hydrogen) atoms. The van der Waals surface area contributed by atoms with Crippen molar-refractivity contribution in [3.63, 3.8) is 0 Å². The number of hydrogen-bond acceptors (Lipinski definition) is 1. The molecule has 0 aliphatic heterocycles. The van der Waals surface area contributed by atoms with Gasteiger partial charge in [0.05, 0.1) is 0 Å². The zero-order valence-corrected chi connectivity index (χ0v) is 8.23. The van der Waals surface area contributed by atoms with E-state index in [1.165, 1.54) is 32.1 Å². The molecule has 1 saturated carbocycles. The van der Waals surface area contributed by atoms with Crippen molar-refractivity contribution >= 4 is 17.0 Å². The molecule has 1 fully saturated rings. The van der Waals surface area contributed by atoms with Crippen molar-refractivity contribution in [3.8, 4) is 0 Å². The summed E-state index contributed by atoms with van der Waals surface area (Å²) >= 11 is 5.24. The number of amides is 1. The molecule has 70 valence electrons. The maximum atomic E-state index is 10.6. The summed E-state index contributed by atoms with van der Waals surface area (Å²) in [7, 11) is 0. The van der Waals surface area contributed by atoms with E-state index in [0.29, 0.717) is 5.92 Å². The summed E-state index contributed by atoms with van der Waals surface area (Å²) in [6, 6.07) is 0.246. The summed E-state index contributed by atoms with van der Waals surface area (Å²) in [5.74, 6) is 0.640. The third kappa shape index (κ3) is 3.02. The standard InChI is InChI=1S/C9H16ClNO/c1-7(11-9(10)12)8-5-3-2-4-6-8/h7-8H,2-6H2,1H3,(H,11,12)/t7-/m0/s1. The van der Waals surface area contributed by atoms with E-state index in [1.54, 1.807) is 0 Å². The summed E-state index contributed by atoms with van der Waals surface area (Å²) in [6.45, 7) is 2.04. The van der Waals surface area contributed by atoms with Gasteiger partial charge in [-0.1, -0.05) is 19.3 Å². The summed E-state index contributed by atoms with van der Waals surface area (Å²) in [5.41, 5.74) is 0. The highest BCUT2D eigenvalue weighted by Gasteiger charge is 2.20. The molecule has 1 aliphatic carbocycles. The number of hydrogen-bond donors (Lipinski definition) is 1. The Labute approximate surface area is 78.7 Å². The van der Waals surface area contributed by atoms with Gasteiger partial charge in [-0.15, -0.1) is 0 Å². The second-order valence-corrected chi connectivity index (χ2v) is 3.95. The molecule has 0 spiro atoms. The zero-order chi connectivity index (χ0) is 8.97. The second-order valence-electron chi connectivity index (χ2n) is 3.60. The molecule has 0 unspecified atom stereocenters. The van der Waals surface area contributed by atoms with Gasteiger partial charge >= 0.3 is 5.37 Å². The van der Waals surface area contributed by atoms with Crippen molar-refractivity contribution in [2.45, 2.75) is 45.1 Å². The third-order valence-electron chi connectivity index (χ3n) is 2.70. The van der Waals surface area contributed by atoms with Crippen LogP contribution in [0.1, 0.15) is 39.0 Å². The lowest BCUT2D eigenvalue weighted by atomic mass is 9.85. The zero-order valence-electron chi connectivity index (χ0n) is 7.48. The van der Waals surface area contributed by atoms with E-state index in [2.05, 4.69) is 5.32 Å². The smallest absolute Gasteiger partial charge is 0.314 e. The Bertz CT molecular complexity index is 155. The summed E-state index contributed by atoms with van der Waals surface area (Å²) in [6.07, 6.45) is 6.41. The third-order valence-corrected chi connectivity index (χ3v) is 2.81. The number of carbonyl (C=O) groups excluding carboxylic acids is 1. The van der Waals surface area contributed by atoms with E-state index < -0.39 is 5.37 Å². The molecule has 1 atom stereocenters. The van der Waals surface area contributed by atoms with Crippen molar-refractivity contribution in [1.29, 1.82) is 0 Å². The van der Waals surface area contributed by atoms with Crippen LogP contribution in [0.5, 0.6) is 0 Å². The van der Waals surface area contributed by atoms with Crippen LogP contribution in [-0.2, 0) is 0 Å². The first-order chi connectivity index (χ1) is 5.70. The summed E-state index contributed by atoms with van der Waals surface area (Å²) in [4.78, 5) is 10.6. The maximum absolute atomic E-state index is 10.6. The molecule has 2 nitrogen and oxygen atoms in total. The van der Waals surface area contributed by atoms with Gasteiger partial charge in [-0.2, -0.15) is 0 Å². The normalized spacial score (nSPS) is 21.8. The van der Waals surface area contributed by atoms with E-state index in [0.717, 1.165) is 0 Å². The van der Waals surface area contributed by atoms with E-state index in [1.807, 2.05) is 6.92 Å². The predicted octanol–water partition coefficient (Wildman–Crippen LogP) is 2.90. The van der Waals surface area contributed by atoms with Gasteiger partial charge in [0, 0.05) is 6.04 Å². The van der Waals surface area contributed by atoms with Crippen molar-refractivity contribution in [1.82, 2.24) is 5.32 Å². The van der Waals surface area contributed by atoms with Crippen LogP contribution in [0.25, 0.3) is 0 Å². The fourth-order valence-corrected chi connectivity index (χ4v) is 2.10. The van der Waals surface area contributed by atoms with Crippen LogP contribution in [0.4, 0.5) is 4.79 Å². The lowest BCUT2D eigenvalue weighted by molar-refractivity contribution is 0.243. The monoisotopic (exact) mass is 189 g/mol. The molecule has 0 aromatic heterocycles. The number of rotatable bonds is 2. The van der Waals surface area contributed by atoms with Crippen molar-refractivity contribution < 1.29 is 4.79 Å². The fraction of sp³-hybridized carbons (Fsp3) is 0.889. The first-order valence-corrected chi connectivity index (χ1v) is 5.04. The molecule has 0 saturated heterocycles. The predicted molar refractivity (Wildman–Crippen MR) is 50.4 cm³/mol. The Hall–Kier alpha value is -0.240. The molecule has 1 rings (SSSR count). The van der Waals surface area contributed by atoms with E-state index in [9.17, 15) is 4.79 Å². The molecular formula is C9H16ClNO. The average Bonchev–Trinajstić information content (AvgIpc) is 2.05. The highest BCUT2D eigenvalue weighted by atomic mass is 35.5. The van der Waals surface area contributed by atoms with Crippen LogP contribution in [0.3, 0.4) is 0 Å². The molecular weight excluding hydrogens is 174 g/mol. The Morgan fingerprint density at radius 3 is 2.50 bits per heavy atom. The van der Waals surface area contributed by atoms with Crippen molar-refractivity contribution in [3.05, 3.63) is 0 Å². The second kappa shape index (κ2) is 4.70. The van der Waals surface area contributed by atoms with Gasteiger partial charge < -0.3 is 5.32 Å². The van der Waals surface area contributed by atoms with Crippen molar-refractivity contribution in [2.24, 2.45) is 5.92 Å². The van der Waals surface area contributed by atoms with Gasteiger partial charge in [0.1, 0.15) is 0 Å². The minimum Gasteiger partial charge on any atom is -0.340 e. The SMILES string of the molecule is C[C@H](NC(=O)Cl)C1CCCCC1. The molecule has 3 heteroatoms. The van der Waals surface area contributed by atoms with Gasteiger partial charge in [0.25, 0.3) is 0 Å². The molecule has 1 aliphatic rings. The van der Waals surface area contributed by atoms with E-state index >= 15 is 0 Å². The molecule has 1 N–H and O–H groups in total. The van der Waals surface area contributed by atoms with Gasteiger partial charge in [-0.05, 0) is 37.3 Å². The lowest BCUT2D eigenvalue weighted by Gasteiger charge is -2.27. The Morgan fingerprint density at radius 2 is 2.00 bits per heavy atom. The minimum absolute atomic E-state index is 0.246. The van der Waals surface area contributed by atoms with Crippen LogP contribution >= 0.6 is 11.6 Å². The number of nitrogens with one attached hydrogen (secondary N) is 1. The highest BCUT2D eigenvalue weighted by molar-refractivity contribution is 6.62. The first kappa shape index (κ1) is 9.85. The largest absolute Gasteiger partial charge is 0.340 e. The van der Waals surface area contributed by atoms with Crippen LogP contribution in [0.2, 0.25) is 0 Å². The fourth-order valence-electron chi connectivity index (χ4n) is 1.93. The maximum Gasteiger partial charge on any atom is 0.314 e. The topological polar surface area (TPSA) is 29.1 Å². The van der Waals surface area contributed by atoms with Gasteiger partial charge in [0.15, 0.2) is 0 Å². The molecule has 0 aromatic rings. The quantitative estimate of drug-likeness (QED) is 0.525. The molecule has 1 amide bonds.